The second-order valence-corrected chi connectivity index (χ2v) is 7.01. The van der Waals surface area contributed by atoms with Crippen molar-refractivity contribution in [3.8, 4) is 5.75 Å². The summed E-state index contributed by atoms with van der Waals surface area (Å²) in [4.78, 5) is 12.2. The molecule has 4 nitrogen and oxygen atoms in total. The van der Waals surface area contributed by atoms with Crippen LogP contribution in [0.2, 0.25) is 5.02 Å². The fourth-order valence-corrected chi connectivity index (χ4v) is 3.73. The first-order valence-electron chi connectivity index (χ1n) is 7.44. The number of fused-ring (bicyclic) bond motifs is 1. The van der Waals surface area contributed by atoms with Crippen LogP contribution in [0.3, 0.4) is 0 Å². The van der Waals surface area contributed by atoms with Crippen molar-refractivity contribution < 1.29 is 19.4 Å². The highest BCUT2D eigenvalue weighted by molar-refractivity contribution is 9.10. The van der Waals surface area contributed by atoms with Gasteiger partial charge in [-0.25, -0.2) is 4.79 Å². The molecule has 1 aliphatic rings. The molecule has 0 saturated heterocycles. The van der Waals surface area contributed by atoms with Crippen molar-refractivity contribution in [2.75, 3.05) is 20.3 Å². The van der Waals surface area contributed by atoms with Crippen LogP contribution in [-0.4, -0.2) is 31.4 Å². The van der Waals surface area contributed by atoms with Gasteiger partial charge in [0.2, 0.25) is 0 Å². The van der Waals surface area contributed by atoms with Crippen molar-refractivity contribution in [2.24, 2.45) is 0 Å². The molecule has 1 N–H and O–H groups in total. The first-order valence-corrected chi connectivity index (χ1v) is 8.61. The summed E-state index contributed by atoms with van der Waals surface area (Å²) in [6.45, 7) is 0.256. The van der Waals surface area contributed by atoms with Crippen LogP contribution in [0.4, 0.5) is 0 Å². The number of methoxy groups -OCH3 is 1. The summed E-state index contributed by atoms with van der Waals surface area (Å²) in [7, 11) is 1.34. The summed E-state index contributed by atoms with van der Waals surface area (Å²) in [5, 5.41) is 10.9. The van der Waals surface area contributed by atoms with E-state index in [1.165, 1.54) is 7.11 Å². The highest BCUT2D eigenvalue weighted by Gasteiger charge is 2.41. The molecule has 0 spiro atoms. The summed E-state index contributed by atoms with van der Waals surface area (Å²) >= 11 is 9.52. The fourth-order valence-electron chi connectivity index (χ4n) is 3.21. The molecule has 126 valence electrons. The maximum atomic E-state index is 12.2. The van der Waals surface area contributed by atoms with E-state index < -0.39 is 11.4 Å². The van der Waals surface area contributed by atoms with E-state index in [0.717, 1.165) is 10.0 Å². The first-order chi connectivity index (χ1) is 11.5. The van der Waals surface area contributed by atoms with Gasteiger partial charge in [-0.05, 0) is 42.3 Å². The Morgan fingerprint density at radius 1 is 1.33 bits per heavy atom. The van der Waals surface area contributed by atoms with Gasteiger partial charge in [0, 0.05) is 15.1 Å². The molecule has 2 aromatic carbocycles. The van der Waals surface area contributed by atoms with Gasteiger partial charge in [0.25, 0.3) is 0 Å². The fraction of sp³-hybridized carbons (Fsp3) is 0.278. The normalized spacial score (nSPS) is 19.3. The summed E-state index contributed by atoms with van der Waals surface area (Å²) < 4.78 is 11.5. The van der Waals surface area contributed by atoms with Gasteiger partial charge in [-0.3, -0.25) is 0 Å². The molecule has 0 fully saturated rings. The van der Waals surface area contributed by atoms with Crippen LogP contribution in [0.25, 0.3) is 0 Å². The summed E-state index contributed by atoms with van der Waals surface area (Å²) in [6.07, 6.45) is 0.540. The zero-order valence-corrected chi connectivity index (χ0v) is 15.4. The number of hydrogen-bond acceptors (Lipinski definition) is 4. The molecule has 0 aliphatic carbocycles. The quantitative estimate of drug-likeness (QED) is 0.777. The van der Waals surface area contributed by atoms with E-state index in [2.05, 4.69) is 15.9 Å². The van der Waals surface area contributed by atoms with Crippen LogP contribution in [0, 0.1) is 0 Å². The monoisotopic (exact) mass is 410 g/mol. The van der Waals surface area contributed by atoms with Gasteiger partial charge in [-0.2, -0.15) is 0 Å². The number of ether oxygens (including phenoxy) is 2. The van der Waals surface area contributed by atoms with Crippen molar-refractivity contribution in [1.82, 2.24) is 0 Å². The predicted molar refractivity (Wildman–Crippen MR) is 94.9 cm³/mol. The molecule has 3 rings (SSSR count). The van der Waals surface area contributed by atoms with Gasteiger partial charge < -0.3 is 14.6 Å². The Hall–Kier alpha value is -1.56. The minimum atomic E-state index is -0.758. The van der Waals surface area contributed by atoms with Gasteiger partial charge in [-0.15, -0.1) is 0 Å². The Morgan fingerprint density at radius 3 is 2.83 bits per heavy atom. The zero-order valence-electron chi connectivity index (χ0n) is 13.0. The van der Waals surface area contributed by atoms with Crippen molar-refractivity contribution in [2.45, 2.75) is 11.8 Å². The van der Waals surface area contributed by atoms with Crippen LogP contribution >= 0.6 is 27.5 Å². The van der Waals surface area contributed by atoms with Gasteiger partial charge in [0.1, 0.15) is 5.75 Å². The Balaban J connectivity index is 2.28. The summed E-state index contributed by atoms with van der Waals surface area (Å²) in [6, 6.07) is 10.7. The van der Waals surface area contributed by atoms with Crippen molar-refractivity contribution in [1.29, 1.82) is 0 Å². The van der Waals surface area contributed by atoms with Gasteiger partial charge in [0.15, 0.2) is 0 Å². The minimum Gasteiger partial charge on any atom is -0.493 e. The zero-order chi connectivity index (χ0) is 17.3. The Kier molecular flexibility index (Phi) is 4.85. The van der Waals surface area contributed by atoms with Crippen LogP contribution in [-0.2, 0) is 10.2 Å². The minimum absolute atomic E-state index is 0.161. The predicted octanol–water partition coefficient (Wildman–Crippen LogP) is 3.95. The number of benzene rings is 2. The third kappa shape index (κ3) is 2.81. The largest absolute Gasteiger partial charge is 0.493 e. The molecule has 1 heterocycles. The lowest BCUT2D eigenvalue weighted by Gasteiger charge is -2.39. The number of carbonyl (C=O) groups excluding carboxylic acids is 1. The molecule has 6 heteroatoms. The van der Waals surface area contributed by atoms with Gasteiger partial charge in [-0.1, -0.05) is 33.6 Å². The van der Waals surface area contributed by atoms with E-state index in [9.17, 15) is 9.90 Å². The second-order valence-electron chi connectivity index (χ2n) is 5.66. The molecule has 2 aromatic rings. The average molecular weight is 412 g/mol. The third-order valence-corrected chi connectivity index (χ3v) is 5.15. The lowest BCUT2D eigenvalue weighted by atomic mass is 9.70. The number of esters is 1. The van der Waals surface area contributed by atoms with E-state index >= 15 is 0 Å². The van der Waals surface area contributed by atoms with Crippen LogP contribution < -0.4 is 4.74 Å². The van der Waals surface area contributed by atoms with Crippen LogP contribution in [0.5, 0.6) is 5.75 Å². The Morgan fingerprint density at radius 2 is 2.12 bits per heavy atom. The molecule has 1 aliphatic heterocycles. The number of aliphatic hydroxyl groups is 1. The second kappa shape index (κ2) is 6.75. The SMILES string of the molecule is COC(=O)c1ccc(Br)cc1[C@@]1(CO)CCOc2cc(Cl)ccc21. The van der Waals surface area contributed by atoms with E-state index in [-0.39, 0.29) is 6.61 Å². The molecular formula is C18H16BrClO4. The topological polar surface area (TPSA) is 55.8 Å². The maximum Gasteiger partial charge on any atom is 0.338 e. The molecule has 0 unspecified atom stereocenters. The molecule has 1 atom stereocenters. The smallest absolute Gasteiger partial charge is 0.338 e. The van der Waals surface area contributed by atoms with Crippen molar-refractivity contribution >= 4 is 33.5 Å². The van der Waals surface area contributed by atoms with E-state index in [1.807, 2.05) is 12.1 Å². The molecular weight excluding hydrogens is 396 g/mol. The molecule has 0 aromatic heterocycles. The molecule has 0 saturated carbocycles. The van der Waals surface area contributed by atoms with E-state index in [4.69, 9.17) is 21.1 Å². The third-order valence-electron chi connectivity index (χ3n) is 4.42. The molecule has 0 radical (unpaired) electrons. The number of carbonyl (C=O) groups is 1. The number of halogens is 2. The molecule has 0 bridgehead atoms. The summed E-state index contributed by atoms with van der Waals surface area (Å²) in [5.74, 6) is 0.186. The Labute approximate surface area is 153 Å². The lowest BCUT2D eigenvalue weighted by molar-refractivity contribution is 0.0595. The first kappa shape index (κ1) is 17.3. The average Bonchev–Trinajstić information content (AvgIpc) is 2.60. The maximum absolute atomic E-state index is 12.2. The van der Waals surface area contributed by atoms with E-state index in [0.29, 0.717) is 34.9 Å². The number of aliphatic hydroxyl groups excluding tert-OH is 1. The lowest BCUT2D eigenvalue weighted by Crippen LogP contribution is -2.39. The summed E-state index contributed by atoms with van der Waals surface area (Å²) in [5.41, 5.74) is 1.19. The Bertz CT molecular complexity index is 793. The molecule has 0 amide bonds. The highest BCUT2D eigenvalue weighted by Crippen LogP contribution is 2.46. The van der Waals surface area contributed by atoms with E-state index in [1.54, 1.807) is 24.3 Å². The van der Waals surface area contributed by atoms with Crippen LogP contribution in [0.1, 0.15) is 27.9 Å². The molecule has 24 heavy (non-hydrogen) atoms. The van der Waals surface area contributed by atoms with Crippen LogP contribution in [0.15, 0.2) is 40.9 Å². The van der Waals surface area contributed by atoms with Gasteiger partial charge >= 0.3 is 5.97 Å². The number of rotatable bonds is 3. The standard InChI is InChI=1S/C18H16BrClO4/c1-23-17(22)13-4-2-11(19)8-15(13)18(10-21)6-7-24-16-9-12(20)3-5-14(16)18/h2-5,8-9,21H,6-7,10H2,1H3/t18-/m1/s1. The highest BCUT2D eigenvalue weighted by atomic mass is 79.9. The number of hydrogen-bond donors (Lipinski definition) is 1. The van der Waals surface area contributed by atoms with Crippen molar-refractivity contribution in [3.63, 3.8) is 0 Å². The van der Waals surface area contributed by atoms with Gasteiger partial charge in [0.05, 0.1) is 31.3 Å². The van der Waals surface area contributed by atoms with Crippen molar-refractivity contribution in [3.05, 3.63) is 62.6 Å².